The summed E-state index contributed by atoms with van der Waals surface area (Å²) >= 11 is 2.84. The quantitative estimate of drug-likeness (QED) is 0.787. The fourth-order valence-corrected chi connectivity index (χ4v) is 2.51. The molecule has 11 heteroatoms. The van der Waals surface area contributed by atoms with Crippen molar-refractivity contribution in [3.05, 3.63) is 44.2 Å². The Hall–Kier alpha value is -2.30. The van der Waals surface area contributed by atoms with Crippen LogP contribution in [0.4, 0.5) is 13.2 Å². The smallest absolute Gasteiger partial charge is 0.436 e. The third kappa shape index (κ3) is 4.03. The lowest BCUT2D eigenvalue weighted by molar-refractivity contribution is -0.142. The van der Waals surface area contributed by atoms with Gasteiger partial charge in [0, 0.05) is 6.07 Å². The fourth-order valence-electron chi connectivity index (χ4n) is 2.03. The van der Waals surface area contributed by atoms with Crippen LogP contribution >= 0.6 is 15.9 Å². The maximum Gasteiger partial charge on any atom is 0.436 e. The van der Waals surface area contributed by atoms with Gasteiger partial charge in [0.15, 0.2) is 11.4 Å². The van der Waals surface area contributed by atoms with Crippen molar-refractivity contribution in [2.45, 2.75) is 32.6 Å². The van der Waals surface area contributed by atoms with Gasteiger partial charge in [0.25, 0.3) is 0 Å². The highest BCUT2D eigenvalue weighted by Crippen LogP contribution is 2.36. The first-order valence-corrected chi connectivity index (χ1v) is 7.72. The Labute approximate surface area is 147 Å². The van der Waals surface area contributed by atoms with E-state index in [1.54, 1.807) is 0 Å². The van der Waals surface area contributed by atoms with Crippen LogP contribution in [0.5, 0.6) is 5.75 Å². The number of carbonyl (C=O) groups is 1. The SMILES string of the molecule is Cc1c(Br)c(C(F)(F)F)nn1C(C)C(=O)NCc1cc(=O)c(O)co1. The second-order valence-corrected chi connectivity index (χ2v) is 5.97. The molecule has 2 heterocycles. The Morgan fingerprint density at radius 3 is 2.68 bits per heavy atom. The number of nitrogens with one attached hydrogen (secondary N) is 1. The highest BCUT2D eigenvalue weighted by molar-refractivity contribution is 9.10. The van der Waals surface area contributed by atoms with Crippen molar-refractivity contribution in [1.29, 1.82) is 0 Å². The Balaban J connectivity index is 2.15. The Kier molecular flexibility index (Phi) is 5.26. The molecule has 2 aromatic rings. The molecule has 2 rings (SSSR count). The zero-order valence-electron chi connectivity index (χ0n) is 13.0. The van der Waals surface area contributed by atoms with Crippen LogP contribution in [-0.4, -0.2) is 20.8 Å². The molecule has 0 saturated heterocycles. The van der Waals surface area contributed by atoms with Gasteiger partial charge in [-0.25, -0.2) is 0 Å². The molecule has 1 unspecified atom stereocenters. The highest BCUT2D eigenvalue weighted by atomic mass is 79.9. The number of carbonyl (C=O) groups excluding carboxylic acids is 1. The number of hydrogen-bond acceptors (Lipinski definition) is 5. The number of aromatic nitrogens is 2. The van der Waals surface area contributed by atoms with E-state index < -0.39 is 35.0 Å². The summed E-state index contributed by atoms with van der Waals surface area (Å²) < 4.78 is 44.3. The van der Waals surface area contributed by atoms with E-state index in [9.17, 15) is 22.8 Å². The lowest BCUT2D eigenvalue weighted by atomic mass is 10.3. The third-order valence-corrected chi connectivity index (χ3v) is 4.34. The molecule has 0 aliphatic heterocycles. The molecule has 25 heavy (non-hydrogen) atoms. The number of hydrogen-bond donors (Lipinski definition) is 2. The van der Waals surface area contributed by atoms with E-state index in [-0.39, 0.29) is 22.5 Å². The van der Waals surface area contributed by atoms with Gasteiger partial charge in [-0.1, -0.05) is 0 Å². The van der Waals surface area contributed by atoms with Gasteiger partial charge in [0.05, 0.1) is 16.7 Å². The van der Waals surface area contributed by atoms with Crippen molar-refractivity contribution in [3.63, 3.8) is 0 Å². The van der Waals surface area contributed by atoms with Gasteiger partial charge in [-0.3, -0.25) is 14.3 Å². The van der Waals surface area contributed by atoms with Crippen LogP contribution in [0.25, 0.3) is 0 Å². The van der Waals surface area contributed by atoms with E-state index in [0.717, 1.165) is 17.0 Å². The monoisotopic (exact) mass is 423 g/mol. The van der Waals surface area contributed by atoms with E-state index in [2.05, 4.69) is 26.3 Å². The first-order chi connectivity index (χ1) is 11.5. The number of amides is 1. The fraction of sp³-hybridized carbons (Fsp3) is 0.357. The Morgan fingerprint density at radius 2 is 2.16 bits per heavy atom. The Morgan fingerprint density at radius 1 is 1.52 bits per heavy atom. The molecular weight excluding hydrogens is 411 g/mol. The summed E-state index contributed by atoms with van der Waals surface area (Å²) in [5.74, 6) is -1.11. The molecule has 1 amide bonds. The number of alkyl halides is 3. The van der Waals surface area contributed by atoms with Crippen LogP contribution < -0.4 is 10.7 Å². The summed E-state index contributed by atoms with van der Waals surface area (Å²) in [4.78, 5) is 23.4. The highest BCUT2D eigenvalue weighted by Gasteiger charge is 2.38. The van der Waals surface area contributed by atoms with Crippen molar-refractivity contribution < 1.29 is 27.5 Å². The van der Waals surface area contributed by atoms with E-state index in [0.29, 0.717) is 0 Å². The second kappa shape index (κ2) is 6.90. The van der Waals surface area contributed by atoms with Crippen molar-refractivity contribution in [1.82, 2.24) is 15.1 Å². The standard InChI is InChI=1S/C14H13BrF3N3O4/c1-6-11(15)12(14(16,17)18)20-21(6)7(2)13(24)19-4-8-3-9(22)10(23)5-25-8/h3,5,7,23H,4H2,1-2H3,(H,19,24). The average molecular weight is 424 g/mol. The number of nitrogens with zero attached hydrogens (tertiary/aromatic N) is 2. The zero-order valence-corrected chi connectivity index (χ0v) is 14.6. The molecule has 0 radical (unpaired) electrons. The molecule has 0 aliphatic rings. The summed E-state index contributed by atoms with van der Waals surface area (Å²) in [6.07, 6.45) is -3.82. The van der Waals surface area contributed by atoms with Crippen LogP contribution in [-0.2, 0) is 17.5 Å². The molecule has 0 spiro atoms. The van der Waals surface area contributed by atoms with E-state index >= 15 is 0 Å². The van der Waals surface area contributed by atoms with Crippen LogP contribution in [0.1, 0.15) is 30.1 Å². The molecule has 0 saturated carbocycles. The van der Waals surface area contributed by atoms with Crippen LogP contribution in [0, 0.1) is 6.92 Å². The van der Waals surface area contributed by atoms with Crippen molar-refractivity contribution in [3.8, 4) is 5.75 Å². The summed E-state index contributed by atoms with van der Waals surface area (Å²) in [7, 11) is 0. The minimum Gasteiger partial charge on any atom is -0.502 e. The van der Waals surface area contributed by atoms with Gasteiger partial charge in [0.1, 0.15) is 18.1 Å². The maximum absolute atomic E-state index is 12.9. The minimum absolute atomic E-state index is 0.0812. The van der Waals surface area contributed by atoms with Crippen LogP contribution in [0.15, 0.2) is 26.0 Å². The molecule has 2 aromatic heterocycles. The first-order valence-electron chi connectivity index (χ1n) is 6.92. The molecule has 7 nitrogen and oxygen atoms in total. The largest absolute Gasteiger partial charge is 0.502 e. The first kappa shape index (κ1) is 19.0. The molecule has 2 N–H and O–H groups in total. The molecule has 0 bridgehead atoms. The van der Waals surface area contributed by atoms with Gasteiger partial charge in [-0.05, 0) is 29.8 Å². The van der Waals surface area contributed by atoms with Gasteiger partial charge in [0.2, 0.25) is 11.3 Å². The minimum atomic E-state index is -4.65. The Bertz CT molecular complexity index is 860. The summed E-state index contributed by atoms with van der Waals surface area (Å²) in [5, 5.41) is 15.0. The van der Waals surface area contributed by atoms with E-state index in [1.165, 1.54) is 13.8 Å². The topological polar surface area (TPSA) is 97.4 Å². The summed E-state index contributed by atoms with van der Waals surface area (Å²) in [6.45, 7) is 2.61. The van der Waals surface area contributed by atoms with Gasteiger partial charge >= 0.3 is 6.18 Å². The lowest BCUT2D eigenvalue weighted by Crippen LogP contribution is -2.32. The number of aromatic hydroxyl groups is 1. The maximum atomic E-state index is 12.9. The predicted molar refractivity (Wildman–Crippen MR) is 82.9 cm³/mol. The van der Waals surface area contributed by atoms with Crippen LogP contribution in [0.2, 0.25) is 0 Å². The number of rotatable bonds is 4. The summed E-state index contributed by atoms with van der Waals surface area (Å²) in [6, 6.07) is -0.0335. The van der Waals surface area contributed by atoms with Crippen molar-refractivity contribution in [2.24, 2.45) is 0 Å². The molecule has 0 fully saturated rings. The normalized spacial score (nSPS) is 12.9. The molecule has 1 atom stereocenters. The molecule has 0 aromatic carbocycles. The second-order valence-electron chi connectivity index (χ2n) is 5.18. The third-order valence-electron chi connectivity index (χ3n) is 3.40. The molecular formula is C14H13BrF3N3O4. The van der Waals surface area contributed by atoms with E-state index in [1.807, 2.05) is 0 Å². The van der Waals surface area contributed by atoms with Crippen LogP contribution in [0.3, 0.4) is 0 Å². The molecule has 136 valence electrons. The zero-order chi connectivity index (χ0) is 18.9. The average Bonchev–Trinajstić information content (AvgIpc) is 2.83. The van der Waals surface area contributed by atoms with Crippen molar-refractivity contribution in [2.75, 3.05) is 0 Å². The van der Waals surface area contributed by atoms with Gasteiger partial charge in [-0.15, -0.1) is 0 Å². The molecule has 0 aliphatic carbocycles. The van der Waals surface area contributed by atoms with Gasteiger partial charge < -0.3 is 14.8 Å². The summed E-state index contributed by atoms with van der Waals surface area (Å²) in [5.41, 5.74) is -1.65. The van der Waals surface area contributed by atoms with Crippen molar-refractivity contribution >= 4 is 21.8 Å². The predicted octanol–water partition coefficient (Wildman–Crippen LogP) is 2.51. The lowest BCUT2D eigenvalue weighted by Gasteiger charge is -2.14. The number of halogens is 4. The van der Waals surface area contributed by atoms with Gasteiger partial charge in [-0.2, -0.15) is 18.3 Å². The van der Waals surface area contributed by atoms with E-state index in [4.69, 9.17) is 9.52 Å².